The topological polar surface area (TPSA) is 91.9 Å². The average molecular weight is 444 g/mol. The van der Waals surface area contributed by atoms with Gasteiger partial charge in [-0.25, -0.2) is 14.5 Å². The van der Waals surface area contributed by atoms with Crippen molar-refractivity contribution < 1.29 is 24.2 Å². The van der Waals surface area contributed by atoms with E-state index in [1.54, 1.807) is 24.4 Å². The maximum atomic E-state index is 12.8. The fourth-order valence-corrected chi connectivity index (χ4v) is 3.46. The van der Waals surface area contributed by atoms with Gasteiger partial charge in [0.05, 0.1) is 0 Å². The van der Waals surface area contributed by atoms with Gasteiger partial charge in [-0.2, -0.15) is 0 Å². The first kappa shape index (κ1) is 22.0. The lowest BCUT2D eigenvalue weighted by molar-refractivity contribution is 0.0702. The number of ether oxygens (including phenoxy) is 2. The minimum atomic E-state index is -0.778. The second kappa shape index (κ2) is 10.4. The fraction of sp³-hybridized carbons (Fsp3) is 0.154. The highest BCUT2D eigenvalue weighted by molar-refractivity contribution is 5.88. The summed E-state index contributed by atoms with van der Waals surface area (Å²) in [7, 11) is 0. The largest absolute Gasteiger partial charge is 0.508 e. The molecule has 3 aromatic carbocycles. The Balaban J connectivity index is 1.46. The van der Waals surface area contributed by atoms with Crippen molar-refractivity contribution in [2.45, 2.75) is 19.6 Å². The Morgan fingerprint density at radius 3 is 1.97 bits per heavy atom. The second-order valence-corrected chi connectivity index (χ2v) is 7.53. The van der Waals surface area contributed by atoms with Gasteiger partial charge < -0.3 is 19.6 Å². The quantitative estimate of drug-likeness (QED) is 0.399. The first-order valence-corrected chi connectivity index (χ1v) is 10.6. The van der Waals surface area contributed by atoms with Crippen LogP contribution in [0.5, 0.6) is 5.75 Å². The van der Waals surface area contributed by atoms with E-state index in [1.807, 2.05) is 60.7 Å². The molecular formula is C26H24N2O5. The van der Waals surface area contributed by atoms with E-state index in [2.05, 4.69) is 4.98 Å². The predicted molar refractivity (Wildman–Crippen MR) is 124 cm³/mol. The number of fused-ring (bicyclic) bond motifs is 1. The van der Waals surface area contributed by atoms with Gasteiger partial charge in [0.15, 0.2) is 0 Å². The first-order valence-electron chi connectivity index (χ1n) is 10.6. The molecule has 0 aliphatic rings. The third-order valence-corrected chi connectivity index (χ3v) is 5.21. The number of aromatic nitrogens is 1. The molecule has 7 heteroatoms. The number of aromatic hydroxyl groups is 1. The zero-order chi connectivity index (χ0) is 23.0. The van der Waals surface area contributed by atoms with E-state index in [1.165, 1.54) is 0 Å². The summed E-state index contributed by atoms with van der Waals surface area (Å²) >= 11 is 0. The van der Waals surface area contributed by atoms with Crippen LogP contribution in [0.3, 0.4) is 0 Å². The van der Waals surface area contributed by atoms with Crippen LogP contribution in [-0.2, 0) is 29.1 Å². The summed E-state index contributed by atoms with van der Waals surface area (Å²) in [5, 5.41) is 10.6. The standard InChI is InChI=1S/C26H24N2O5/c29-22-11-12-24-23(15-22)21(16-27-24)13-14-28(25(30)32-17-19-7-3-1-4-8-19)26(31)33-18-20-9-5-2-6-10-20/h1-12,15-16,27,29H,13-14,17-18H2. The number of benzene rings is 3. The summed E-state index contributed by atoms with van der Waals surface area (Å²) in [4.78, 5) is 29.7. The highest BCUT2D eigenvalue weighted by Gasteiger charge is 2.25. The summed E-state index contributed by atoms with van der Waals surface area (Å²) in [6.07, 6.45) is 0.608. The molecule has 0 aliphatic carbocycles. The van der Waals surface area contributed by atoms with Gasteiger partial charge in [0.25, 0.3) is 0 Å². The van der Waals surface area contributed by atoms with Gasteiger partial charge in [-0.05, 0) is 41.3 Å². The van der Waals surface area contributed by atoms with Crippen LogP contribution in [0.25, 0.3) is 10.9 Å². The number of carbonyl (C=O) groups is 2. The molecule has 2 N–H and O–H groups in total. The Hall–Kier alpha value is -4.26. The Morgan fingerprint density at radius 1 is 0.818 bits per heavy atom. The van der Waals surface area contributed by atoms with Crippen molar-refractivity contribution in [2.75, 3.05) is 6.54 Å². The Bertz CT molecular complexity index is 1170. The number of imide groups is 1. The van der Waals surface area contributed by atoms with Gasteiger partial charge in [0.2, 0.25) is 0 Å². The number of hydrogen-bond donors (Lipinski definition) is 2. The van der Waals surface area contributed by atoms with Crippen molar-refractivity contribution in [1.29, 1.82) is 0 Å². The lowest BCUT2D eigenvalue weighted by Crippen LogP contribution is -2.39. The molecule has 33 heavy (non-hydrogen) atoms. The molecule has 0 radical (unpaired) electrons. The number of phenols is 1. The minimum Gasteiger partial charge on any atom is -0.508 e. The van der Waals surface area contributed by atoms with Gasteiger partial charge >= 0.3 is 12.2 Å². The average Bonchev–Trinajstić information content (AvgIpc) is 3.25. The van der Waals surface area contributed by atoms with Gasteiger partial charge in [-0.15, -0.1) is 0 Å². The van der Waals surface area contributed by atoms with Crippen LogP contribution in [0, 0.1) is 0 Å². The van der Waals surface area contributed by atoms with Crippen molar-refractivity contribution in [2.24, 2.45) is 0 Å². The van der Waals surface area contributed by atoms with E-state index in [0.29, 0.717) is 6.42 Å². The molecule has 0 atom stereocenters. The van der Waals surface area contributed by atoms with Crippen molar-refractivity contribution in [3.8, 4) is 5.75 Å². The molecule has 0 saturated heterocycles. The van der Waals surface area contributed by atoms with Crippen molar-refractivity contribution in [1.82, 2.24) is 9.88 Å². The van der Waals surface area contributed by atoms with Gasteiger partial charge in [0.1, 0.15) is 19.0 Å². The molecule has 7 nitrogen and oxygen atoms in total. The summed E-state index contributed by atoms with van der Waals surface area (Å²) < 4.78 is 10.8. The summed E-state index contributed by atoms with van der Waals surface area (Å²) in [6.45, 7) is 0.149. The number of hydrogen-bond acceptors (Lipinski definition) is 5. The Morgan fingerprint density at radius 2 is 1.39 bits per heavy atom. The predicted octanol–water partition coefficient (Wildman–Crippen LogP) is 5.39. The number of nitrogens with zero attached hydrogens (tertiary/aromatic N) is 1. The highest BCUT2D eigenvalue weighted by Crippen LogP contribution is 2.23. The van der Waals surface area contributed by atoms with Crippen molar-refractivity contribution in [3.05, 3.63) is 102 Å². The van der Waals surface area contributed by atoms with E-state index in [9.17, 15) is 14.7 Å². The third kappa shape index (κ3) is 5.71. The first-order chi connectivity index (χ1) is 16.1. The second-order valence-electron chi connectivity index (χ2n) is 7.53. The number of H-pyrrole nitrogens is 1. The van der Waals surface area contributed by atoms with Crippen LogP contribution >= 0.6 is 0 Å². The molecule has 1 aromatic heterocycles. The zero-order valence-electron chi connectivity index (χ0n) is 17.9. The Kier molecular flexibility index (Phi) is 6.90. The van der Waals surface area contributed by atoms with Gasteiger partial charge in [-0.1, -0.05) is 60.7 Å². The lowest BCUT2D eigenvalue weighted by atomic mass is 10.1. The zero-order valence-corrected chi connectivity index (χ0v) is 17.9. The number of carbonyl (C=O) groups excluding carboxylic acids is 2. The lowest BCUT2D eigenvalue weighted by Gasteiger charge is -2.20. The molecule has 0 bridgehead atoms. The van der Waals surface area contributed by atoms with Gasteiger partial charge in [0, 0.05) is 23.6 Å². The number of nitrogens with one attached hydrogen (secondary N) is 1. The normalized spacial score (nSPS) is 10.7. The van der Waals surface area contributed by atoms with Crippen LogP contribution in [0.15, 0.2) is 85.1 Å². The minimum absolute atomic E-state index is 0.0447. The number of phenolic OH excluding ortho intramolecular Hbond substituents is 1. The van der Waals surface area contributed by atoms with Crippen LogP contribution in [-0.4, -0.2) is 33.7 Å². The van der Waals surface area contributed by atoms with Crippen LogP contribution in [0.1, 0.15) is 16.7 Å². The fourth-order valence-electron chi connectivity index (χ4n) is 3.46. The highest BCUT2D eigenvalue weighted by atomic mass is 16.6. The molecule has 0 spiro atoms. The molecule has 4 rings (SSSR count). The number of amides is 2. The monoisotopic (exact) mass is 444 g/mol. The molecule has 0 unspecified atom stereocenters. The van der Waals surface area contributed by atoms with Gasteiger partial charge in [-0.3, -0.25) is 0 Å². The van der Waals surface area contributed by atoms with Crippen LogP contribution in [0.4, 0.5) is 9.59 Å². The Labute approximate surface area is 191 Å². The van der Waals surface area contributed by atoms with Crippen LogP contribution < -0.4 is 0 Å². The summed E-state index contributed by atoms with van der Waals surface area (Å²) in [5.74, 6) is 0.143. The molecule has 4 aromatic rings. The van der Waals surface area contributed by atoms with Crippen LogP contribution in [0.2, 0.25) is 0 Å². The molecular weight excluding hydrogens is 420 g/mol. The summed E-state index contributed by atoms with van der Waals surface area (Å²) in [5.41, 5.74) is 3.34. The van der Waals surface area contributed by atoms with E-state index >= 15 is 0 Å². The number of aromatic amines is 1. The third-order valence-electron chi connectivity index (χ3n) is 5.21. The maximum Gasteiger partial charge on any atom is 0.419 e. The molecule has 168 valence electrons. The SMILES string of the molecule is O=C(OCc1ccccc1)N(CCc1c[nH]c2ccc(O)cc12)C(=O)OCc1ccccc1. The molecule has 2 amide bonds. The molecule has 0 aliphatic heterocycles. The molecule has 0 saturated carbocycles. The maximum absolute atomic E-state index is 12.8. The smallest absolute Gasteiger partial charge is 0.419 e. The van der Waals surface area contributed by atoms with E-state index < -0.39 is 12.2 Å². The van der Waals surface area contributed by atoms with E-state index in [0.717, 1.165) is 32.5 Å². The number of rotatable bonds is 7. The van der Waals surface area contributed by atoms with E-state index in [-0.39, 0.29) is 25.5 Å². The molecule has 1 heterocycles. The summed E-state index contributed by atoms with van der Waals surface area (Å²) in [6, 6.07) is 23.5. The van der Waals surface area contributed by atoms with E-state index in [4.69, 9.17) is 9.47 Å². The van der Waals surface area contributed by atoms with Crippen molar-refractivity contribution in [3.63, 3.8) is 0 Å². The molecule has 0 fully saturated rings. The van der Waals surface area contributed by atoms with Crippen molar-refractivity contribution >= 4 is 23.1 Å².